The lowest BCUT2D eigenvalue weighted by Crippen LogP contribution is -2.38. The first-order valence-electron chi connectivity index (χ1n) is 6.76. The Bertz CT molecular complexity index is 631. The fraction of sp³-hybridized carbons (Fsp3) is 0.429. The van der Waals surface area contributed by atoms with Crippen LogP contribution in [0.25, 0.3) is 0 Å². The summed E-state index contributed by atoms with van der Waals surface area (Å²) in [7, 11) is 1.92. The lowest BCUT2D eigenvalue weighted by molar-refractivity contribution is -0.0385. The van der Waals surface area contributed by atoms with E-state index < -0.39 is 0 Å². The van der Waals surface area contributed by atoms with Gasteiger partial charge in [0.25, 0.3) is 0 Å². The molecule has 0 bridgehead atoms. The van der Waals surface area contributed by atoms with Crippen molar-refractivity contribution in [2.75, 3.05) is 19.7 Å². The molecular weight excluding hydrogens is 311 g/mol. The van der Waals surface area contributed by atoms with Crippen molar-refractivity contribution in [2.45, 2.75) is 12.6 Å². The predicted molar refractivity (Wildman–Crippen MR) is 81.4 cm³/mol. The molecule has 1 aliphatic rings. The zero-order valence-corrected chi connectivity index (χ0v) is 13.2. The molecule has 0 spiro atoms. The first-order valence-corrected chi connectivity index (χ1v) is 7.51. The maximum Gasteiger partial charge on any atom is 0.163 e. The molecule has 1 aromatic carbocycles. The summed E-state index contributed by atoms with van der Waals surface area (Å²) in [6, 6.07) is 5.72. The maximum absolute atomic E-state index is 6.26. The van der Waals surface area contributed by atoms with E-state index in [0.717, 1.165) is 31.0 Å². The van der Waals surface area contributed by atoms with Gasteiger partial charge in [0.05, 0.1) is 16.7 Å². The molecule has 1 aromatic heterocycles. The molecule has 2 heterocycles. The van der Waals surface area contributed by atoms with E-state index in [0.29, 0.717) is 16.7 Å². The van der Waals surface area contributed by atoms with E-state index in [4.69, 9.17) is 27.9 Å². The number of hydrogen-bond acceptors (Lipinski definition) is 4. The van der Waals surface area contributed by atoms with Gasteiger partial charge in [-0.2, -0.15) is 0 Å². The first-order chi connectivity index (χ1) is 10.1. The second kappa shape index (κ2) is 6.32. The Hall–Kier alpha value is -1.14. The van der Waals surface area contributed by atoms with Crippen LogP contribution in [0.5, 0.6) is 0 Å². The normalized spacial score (nSPS) is 19.9. The summed E-state index contributed by atoms with van der Waals surface area (Å²) in [6.07, 6.45) is 1.62. The van der Waals surface area contributed by atoms with Crippen molar-refractivity contribution in [2.24, 2.45) is 7.05 Å². The summed E-state index contributed by atoms with van der Waals surface area (Å²) < 4.78 is 7.69. The minimum atomic E-state index is -0.0655. The van der Waals surface area contributed by atoms with E-state index in [1.54, 1.807) is 12.4 Å². The third-order valence-corrected chi connectivity index (χ3v) is 4.47. The van der Waals surface area contributed by atoms with Crippen LogP contribution < -0.4 is 0 Å². The molecule has 3 rings (SSSR count). The van der Waals surface area contributed by atoms with Crippen molar-refractivity contribution < 1.29 is 4.74 Å². The monoisotopic (exact) mass is 326 g/mol. The van der Waals surface area contributed by atoms with Crippen LogP contribution in [0.2, 0.25) is 10.0 Å². The average molecular weight is 327 g/mol. The van der Waals surface area contributed by atoms with E-state index in [1.165, 1.54) is 0 Å². The molecule has 0 amide bonds. The van der Waals surface area contributed by atoms with Crippen LogP contribution in [0.4, 0.5) is 0 Å². The zero-order valence-electron chi connectivity index (χ0n) is 11.7. The third-order valence-electron chi connectivity index (χ3n) is 3.61. The molecule has 112 valence electrons. The minimum Gasteiger partial charge on any atom is -0.368 e. The Morgan fingerprint density at radius 2 is 2.24 bits per heavy atom. The van der Waals surface area contributed by atoms with Gasteiger partial charge < -0.3 is 9.30 Å². The van der Waals surface area contributed by atoms with E-state index in [2.05, 4.69) is 15.1 Å². The number of hydrogen-bond donors (Lipinski definition) is 0. The number of rotatable bonds is 3. The molecule has 1 fully saturated rings. The number of benzene rings is 1. The highest BCUT2D eigenvalue weighted by atomic mass is 35.5. The van der Waals surface area contributed by atoms with Gasteiger partial charge in [-0.05, 0) is 11.6 Å². The molecule has 1 atom stereocenters. The lowest BCUT2D eigenvalue weighted by atomic mass is 10.2. The van der Waals surface area contributed by atoms with Crippen molar-refractivity contribution in [3.63, 3.8) is 0 Å². The molecular formula is C14H16Cl2N4O. The van der Waals surface area contributed by atoms with Gasteiger partial charge in [-0.25, -0.2) is 0 Å². The van der Waals surface area contributed by atoms with Gasteiger partial charge in [0.1, 0.15) is 12.4 Å². The fourth-order valence-electron chi connectivity index (χ4n) is 2.50. The van der Waals surface area contributed by atoms with Crippen molar-refractivity contribution in [3.05, 3.63) is 46.0 Å². The van der Waals surface area contributed by atoms with Gasteiger partial charge in [-0.15, -0.1) is 10.2 Å². The summed E-state index contributed by atoms with van der Waals surface area (Å²) >= 11 is 12.3. The summed E-state index contributed by atoms with van der Waals surface area (Å²) in [6.45, 7) is 3.03. The van der Waals surface area contributed by atoms with Crippen LogP contribution >= 0.6 is 23.2 Å². The van der Waals surface area contributed by atoms with Crippen molar-refractivity contribution >= 4 is 23.2 Å². The smallest absolute Gasteiger partial charge is 0.163 e. The summed E-state index contributed by atoms with van der Waals surface area (Å²) in [5, 5.41) is 9.25. The van der Waals surface area contributed by atoms with Crippen LogP contribution in [-0.2, 0) is 18.3 Å². The fourth-order valence-corrected chi connectivity index (χ4v) is 2.88. The van der Waals surface area contributed by atoms with E-state index in [9.17, 15) is 0 Å². The second-order valence-electron chi connectivity index (χ2n) is 5.11. The molecule has 0 N–H and O–H groups in total. The van der Waals surface area contributed by atoms with Gasteiger partial charge in [-0.3, -0.25) is 4.90 Å². The average Bonchev–Trinajstić information content (AvgIpc) is 2.90. The number of aryl methyl sites for hydroxylation is 1. The highest BCUT2D eigenvalue weighted by molar-refractivity contribution is 6.42. The Balaban J connectivity index is 1.72. The highest BCUT2D eigenvalue weighted by Crippen LogP contribution is 2.28. The highest BCUT2D eigenvalue weighted by Gasteiger charge is 2.25. The molecule has 0 aliphatic carbocycles. The van der Waals surface area contributed by atoms with Crippen LogP contribution in [0, 0.1) is 0 Å². The maximum atomic E-state index is 6.26. The van der Waals surface area contributed by atoms with Crippen molar-refractivity contribution in [3.8, 4) is 0 Å². The van der Waals surface area contributed by atoms with Crippen LogP contribution in [0.3, 0.4) is 0 Å². The predicted octanol–water partition coefficient (Wildman–Crippen LogP) is 2.70. The zero-order chi connectivity index (χ0) is 14.8. The molecule has 0 radical (unpaired) electrons. The molecule has 0 saturated carbocycles. The third kappa shape index (κ3) is 3.21. The second-order valence-corrected chi connectivity index (χ2v) is 5.89. The number of ether oxygens (including phenoxy) is 1. The Labute approximate surface area is 133 Å². The van der Waals surface area contributed by atoms with E-state index in [1.807, 2.05) is 23.7 Å². The Morgan fingerprint density at radius 1 is 1.38 bits per heavy atom. The first kappa shape index (κ1) is 14.8. The van der Waals surface area contributed by atoms with E-state index in [-0.39, 0.29) is 6.10 Å². The quantitative estimate of drug-likeness (QED) is 0.869. The number of aromatic nitrogens is 3. The summed E-state index contributed by atoms with van der Waals surface area (Å²) in [5.74, 6) is 0.844. The molecule has 21 heavy (non-hydrogen) atoms. The SMILES string of the molecule is Cn1cnnc1C1CN(Cc2cccc(Cl)c2Cl)CCO1. The van der Waals surface area contributed by atoms with Gasteiger partial charge in [0, 0.05) is 26.7 Å². The summed E-state index contributed by atoms with van der Waals surface area (Å²) in [4.78, 5) is 2.29. The van der Waals surface area contributed by atoms with Crippen LogP contribution in [0.1, 0.15) is 17.5 Å². The minimum absolute atomic E-state index is 0.0655. The molecule has 1 saturated heterocycles. The van der Waals surface area contributed by atoms with Gasteiger partial charge in [0.15, 0.2) is 5.82 Å². The van der Waals surface area contributed by atoms with Gasteiger partial charge in [0.2, 0.25) is 0 Å². The largest absolute Gasteiger partial charge is 0.368 e. The lowest BCUT2D eigenvalue weighted by Gasteiger charge is -2.32. The molecule has 2 aromatic rings. The standard InChI is InChI=1S/C14H16Cl2N4O/c1-19-9-17-18-14(19)12-8-20(5-6-21-12)7-10-3-2-4-11(15)13(10)16/h2-4,9,12H,5-8H2,1H3. The van der Waals surface area contributed by atoms with Gasteiger partial charge in [-0.1, -0.05) is 35.3 Å². The van der Waals surface area contributed by atoms with E-state index >= 15 is 0 Å². The molecule has 1 aliphatic heterocycles. The number of morpholine rings is 1. The number of nitrogens with zero attached hydrogens (tertiary/aromatic N) is 4. The van der Waals surface area contributed by atoms with Gasteiger partial charge >= 0.3 is 0 Å². The molecule has 1 unspecified atom stereocenters. The topological polar surface area (TPSA) is 43.2 Å². The van der Waals surface area contributed by atoms with Crippen LogP contribution in [-0.4, -0.2) is 39.4 Å². The van der Waals surface area contributed by atoms with Crippen LogP contribution in [0.15, 0.2) is 24.5 Å². The Morgan fingerprint density at radius 3 is 3.00 bits per heavy atom. The molecule has 5 nitrogen and oxygen atoms in total. The number of halogens is 2. The van der Waals surface area contributed by atoms with Crippen molar-refractivity contribution in [1.82, 2.24) is 19.7 Å². The summed E-state index contributed by atoms with van der Waals surface area (Å²) in [5.41, 5.74) is 1.03. The Kier molecular flexibility index (Phi) is 4.45. The van der Waals surface area contributed by atoms with Crippen molar-refractivity contribution in [1.29, 1.82) is 0 Å². The molecule has 7 heteroatoms.